The smallest absolute Gasteiger partial charge is 0.214 e. The zero-order chi connectivity index (χ0) is 16.8. The molecule has 0 bridgehead atoms. The van der Waals surface area contributed by atoms with Gasteiger partial charge in [0.2, 0.25) is 5.95 Å². The predicted octanol–water partition coefficient (Wildman–Crippen LogP) is 3.27. The maximum Gasteiger partial charge on any atom is 0.214 e. The maximum absolute atomic E-state index is 13.2. The molecule has 0 unspecified atom stereocenters. The van der Waals surface area contributed by atoms with Crippen LogP contribution in [0, 0.1) is 11.9 Å². The van der Waals surface area contributed by atoms with E-state index in [0.717, 1.165) is 64.2 Å². The average molecular weight is 332 g/mol. The molecule has 0 radical (unpaired) electrons. The lowest BCUT2D eigenvalue weighted by Gasteiger charge is -2.35. The molecule has 132 valence electrons. The Labute approximate surface area is 144 Å². The van der Waals surface area contributed by atoms with Crippen LogP contribution in [0.1, 0.15) is 44.9 Å². The van der Waals surface area contributed by atoms with Gasteiger partial charge in [-0.05, 0) is 37.9 Å². The number of Topliss-reactive ketones (excluding diaryl/α,β-unsaturated/α-hetero) is 1. The van der Waals surface area contributed by atoms with Crippen molar-refractivity contribution < 1.29 is 9.18 Å². The minimum Gasteiger partial charge on any atom is -0.354 e. The van der Waals surface area contributed by atoms with Gasteiger partial charge in [0.1, 0.15) is 11.6 Å². The molecule has 0 N–H and O–H groups in total. The van der Waals surface area contributed by atoms with E-state index >= 15 is 0 Å². The van der Waals surface area contributed by atoms with Gasteiger partial charge in [-0.25, -0.2) is 4.98 Å². The molecule has 0 spiro atoms. The summed E-state index contributed by atoms with van der Waals surface area (Å²) in [6.07, 6.45) is 7.67. The molecule has 0 amide bonds. The predicted molar refractivity (Wildman–Crippen MR) is 93.7 cm³/mol. The van der Waals surface area contributed by atoms with E-state index in [-0.39, 0.29) is 0 Å². The van der Waals surface area contributed by atoms with Gasteiger partial charge in [-0.1, -0.05) is 25.3 Å². The van der Waals surface area contributed by atoms with E-state index in [4.69, 9.17) is 0 Å². The Morgan fingerprint density at radius 2 is 1.88 bits per heavy atom. The molecule has 0 aromatic carbocycles. The van der Waals surface area contributed by atoms with E-state index in [1.165, 1.54) is 25.3 Å². The summed E-state index contributed by atoms with van der Waals surface area (Å²) in [5.41, 5.74) is 0. The fraction of sp³-hybridized carbons (Fsp3) is 0.684. The second kappa shape index (κ2) is 8.56. The van der Waals surface area contributed by atoms with Crippen LogP contribution in [0.15, 0.2) is 18.2 Å². The molecule has 1 aromatic heterocycles. The van der Waals surface area contributed by atoms with Crippen LogP contribution in [0.3, 0.4) is 0 Å². The first-order valence-electron chi connectivity index (χ1n) is 9.35. The number of hydrogen-bond donors (Lipinski definition) is 0. The Balaban J connectivity index is 1.36. The Bertz CT molecular complexity index is 537. The third-order valence-electron chi connectivity index (χ3n) is 5.35. The monoisotopic (exact) mass is 332 g/mol. The fourth-order valence-corrected chi connectivity index (χ4v) is 3.88. The first-order valence-corrected chi connectivity index (χ1v) is 9.35. The van der Waals surface area contributed by atoms with Crippen LogP contribution < -0.4 is 4.90 Å². The number of carbonyl (C=O) groups is 1. The molecule has 1 aliphatic carbocycles. The lowest BCUT2D eigenvalue weighted by Crippen LogP contribution is -2.47. The number of aromatic nitrogens is 1. The number of halogens is 1. The summed E-state index contributed by atoms with van der Waals surface area (Å²) in [4.78, 5) is 20.7. The highest BCUT2D eigenvalue weighted by atomic mass is 18.2. The minimum atomic E-state index is -0.420. The molecule has 5 heteroatoms. The third kappa shape index (κ3) is 4.76. The molecule has 1 aliphatic heterocycles. The first-order chi connectivity index (χ1) is 11.7. The van der Waals surface area contributed by atoms with Gasteiger partial charge in [0.15, 0.2) is 0 Å². The lowest BCUT2D eigenvalue weighted by atomic mass is 9.85. The zero-order valence-electron chi connectivity index (χ0n) is 14.4. The van der Waals surface area contributed by atoms with Gasteiger partial charge in [-0.3, -0.25) is 9.69 Å². The number of nitrogens with zero attached hydrogens (tertiary/aromatic N) is 3. The van der Waals surface area contributed by atoms with Crippen LogP contribution in [0.25, 0.3) is 0 Å². The van der Waals surface area contributed by atoms with Crippen molar-refractivity contribution in [2.75, 3.05) is 37.6 Å². The van der Waals surface area contributed by atoms with Gasteiger partial charge in [-0.15, -0.1) is 0 Å². The zero-order valence-corrected chi connectivity index (χ0v) is 14.4. The lowest BCUT2D eigenvalue weighted by molar-refractivity contribution is -0.123. The molecular formula is C19H28FN3O. The number of anilines is 1. The van der Waals surface area contributed by atoms with Crippen molar-refractivity contribution in [2.24, 2.45) is 5.92 Å². The van der Waals surface area contributed by atoms with E-state index in [0.29, 0.717) is 11.7 Å². The Morgan fingerprint density at radius 1 is 1.12 bits per heavy atom. The molecule has 1 saturated heterocycles. The number of hydrogen-bond acceptors (Lipinski definition) is 4. The highest BCUT2D eigenvalue weighted by Gasteiger charge is 2.22. The van der Waals surface area contributed by atoms with Crippen LogP contribution in [0.4, 0.5) is 10.2 Å². The van der Waals surface area contributed by atoms with E-state index < -0.39 is 5.95 Å². The number of pyridine rings is 1. The first kappa shape index (κ1) is 17.3. The molecule has 0 atom stereocenters. The van der Waals surface area contributed by atoms with Gasteiger partial charge in [0.25, 0.3) is 0 Å². The second-order valence-electron chi connectivity index (χ2n) is 7.05. The molecule has 2 fully saturated rings. The van der Waals surface area contributed by atoms with Crippen LogP contribution >= 0.6 is 0 Å². The summed E-state index contributed by atoms with van der Waals surface area (Å²) in [6.45, 7) is 4.63. The van der Waals surface area contributed by atoms with Crippen LogP contribution in [0.5, 0.6) is 0 Å². The van der Waals surface area contributed by atoms with Crippen molar-refractivity contribution in [3.05, 3.63) is 24.1 Å². The van der Waals surface area contributed by atoms with Gasteiger partial charge < -0.3 is 4.90 Å². The Hall–Kier alpha value is -1.49. The summed E-state index contributed by atoms with van der Waals surface area (Å²) < 4.78 is 13.2. The molecule has 24 heavy (non-hydrogen) atoms. The van der Waals surface area contributed by atoms with Crippen LogP contribution in [0.2, 0.25) is 0 Å². The van der Waals surface area contributed by atoms with Crippen molar-refractivity contribution in [3.8, 4) is 0 Å². The average Bonchev–Trinajstić information content (AvgIpc) is 2.63. The summed E-state index contributed by atoms with van der Waals surface area (Å²) in [7, 11) is 0. The van der Waals surface area contributed by atoms with Gasteiger partial charge in [-0.2, -0.15) is 4.39 Å². The van der Waals surface area contributed by atoms with Crippen molar-refractivity contribution >= 4 is 11.6 Å². The third-order valence-corrected chi connectivity index (χ3v) is 5.35. The normalized spacial score (nSPS) is 20.3. The van der Waals surface area contributed by atoms with E-state index in [2.05, 4.69) is 14.8 Å². The number of rotatable bonds is 6. The molecular weight excluding hydrogens is 304 g/mol. The van der Waals surface area contributed by atoms with Crippen molar-refractivity contribution in [1.82, 2.24) is 9.88 Å². The van der Waals surface area contributed by atoms with Crippen LogP contribution in [-0.4, -0.2) is 48.4 Å². The molecule has 2 heterocycles. The Morgan fingerprint density at radius 3 is 2.58 bits per heavy atom. The summed E-state index contributed by atoms with van der Waals surface area (Å²) in [6, 6.07) is 4.95. The van der Waals surface area contributed by atoms with Crippen molar-refractivity contribution in [2.45, 2.75) is 44.9 Å². The number of carbonyl (C=O) groups excluding carboxylic acids is 1. The number of ketones is 1. The summed E-state index contributed by atoms with van der Waals surface area (Å²) in [5, 5.41) is 0. The topological polar surface area (TPSA) is 36.4 Å². The molecule has 4 nitrogen and oxygen atoms in total. The highest BCUT2D eigenvalue weighted by Crippen LogP contribution is 2.25. The second-order valence-corrected chi connectivity index (χ2v) is 7.05. The standard InChI is InChI=1S/C19H28FN3O/c20-18-9-4-10-19(21-18)23-14-12-22(13-15-23)11-5-8-17(24)16-6-2-1-3-7-16/h4,9-10,16H,1-3,5-8,11-15H2/i20-1. The van der Waals surface area contributed by atoms with Gasteiger partial charge in [0.05, 0.1) is 0 Å². The van der Waals surface area contributed by atoms with E-state index in [9.17, 15) is 9.18 Å². The quantitative estimate of drug-likeness (QED) is 0.749. The largest absolute Gasteiger partial charge is 0.354 e. The maximum atomic E-state index is 13.2. The van der Waals surface area contributed by atoms with Gasteiger partial charge in [0, 0.05) is 38.5 Å². The summed E-state index contributed by atoms with van der Waals surface area (Å²) >= 11 is 0. The molecule has 2 aliphatic rings. The van der Waals surface area contributed by atoms with Crippen molar-refractivity contribution in [3.63, 3.8) is 0 Å². The molecule has 3 rings (SSSR count). The van der Waals surface area contributed by atoms with Crippen molar-refractivity contribution in [1.29, 1.82) is 0 Å². The van der Waals surface area contributed by atoms with E-state index in [1.54, 1.807) is 6.07 Å². The van der Waals surface area contributed by atoms with E-state index in [1.807, 2.05) is 6.07 Å². The fourth-order valence-electron chi connectivity index (χ4n) is 3.88. The highest BCUT2D eigenvalue weighted by molar-refractivity contribution is 5.81. The Kier molecular flexibility index (Phi) is 6.18. The van der Waals surface area contributed by atoms with Crippen LogP contribution in [-0.2, 0) is 4.79 Å². The number of piperazine rings is 1. The van der Waals surface area contributed by atoms with Gasteiger partial charge >= 0.3 is 0 Å². The summed E-state index contributed by atoms with van der Waals surface area (Å²) in [5.74, 6) is 1.13. The molecule has 1 saturated carbocycles. The minimum absolute atomic E-state index is 0.342. The SMILES string of the molecule is O=C(CCCN1CCN(c2cccc([18F])n2)CC1)C1CCCCC1. The molecule has 1 aromatic rings.